The standard InChI is InChI=1S/C14H15NO2/c1-3-17-14(16)10(2)13-8-11-6-4-5-7-12(11)9-15-13/h4-10H,3H2,1-2H3. The fourth-order valence-electron chi connectivity index (χ4n) is 1.73. The van der Waals surface area contributed by atoms with E-state index in [4.69, 9.17) is 4.74 Å². The van der Waals surface area contributed by atoms with Gasteiger partial charge in [0, 0.05) is 11.6 Å². The van der Waals surface area contributed by atoms with E-state index in [-0.39, 0.29) is 11.9 Å². The Balaban J connectivity index is 2.32. The summed E-state index contributed by atoms with van der Waals surface area (Å²) >= 11 is 0. The van der Waals surface area contributed by atoms with Gasteiger partial charge in [-0.05, 0) is 25.3 Å². The maximum Gasteiger partial charge on any atom is 0.314 e. The van der Waals surface area contributed by atoms with E-state index in [1.54, 1.807) is 13.1 Å². The topological polar surface area (TPSA) is 39.2 Å². The van der Waals surface area contributed by atoms with E-state index in [1.807, 2.05) is 37.3 Å². The lowest BCUT2D eigenvalue weighted by atomic mass is 10.0. The minimum Gasteiger partial charge on any atom is -0.465 e. The molecule has 0 saturated carbocycles. The number of carbonyl (C=O) groups is 1. The van der Waals surface area contributed by atoms with E-state index in [0.29, 0.717) is 6.61 Å². The Morgan fingerprint density at radius 1 is 1.35 bits per heavy atom. The van der Waals surface area contributed by atoms with E-state index < -0.39 is 0 Å². The molecule has 88 valence electrons. The second-order valence-electron chi connectivity index (χ2n) is 3.93. The van der Waals surface area contributed by atoms with Crippen LogP contribution in [0.5, 0.6) is 0 Å². The summed E-state index contributed by atoms with van der Waals surface area (Å²) in [5.41, 5.74) is 0.752. The van der Waals surface area contributed by atoms with Gasteiger partial charge >= 0.3 is 5.97 Å². The molecule has 0 amide bonds. The van der Waals surface area contributed by atoms with Crippen LogP contribution in [0.15, 0.2) is 36.5 Å². The molecular formula is C14H15NO2. The molecule has 3 nitrogen and oxygen atoms in total. The highest BCUT2D eigenvalue weighted by atomic mass is 16.5. The molecule has 0 aliphatic heterocycles. The number of nitrogens with zero attached hydrogens (tertiary/aromatic N) is 1. The van der Waals surface area contributed by atoms with Gasteiger partial charge in [-0.25, -0.2) is 0 Å². The lowest BCUT2D eigenvalue weighted by Crippen LogP contribution is -2.14. The number of rotatable bonds is 3. The first kappa shape index (κ1) is 11.6. The Kier molecular flexibility index (Phi) is 3.38. The molecule has 0 fully saturated rings. The molecule has 0 aliphatic rings. The van der Waals surface area contributed by atoms with Crippen LogP contribution in [0.3, 0.4) is 0 Å². The molecule has 1 heterocycles. The van der Waals surface area contributed by atoms with Gasteiger partial charge < -0.3 is 4.74 Å². The number of ether oxygens (including phenoxy) is 1. The molecular weight excluding hydrogens is 214 g/mol. The predicted octanol–water partition coefficient (Wildman–Crippen LogP) is 2.90. The minimum absolute atomic E-state index is 0.227. The van der Waals surface area contributed by atoms with Crippen LogP contribution >= 0.6 is 0 Å². The highest BCUT2D eigenvalue weighted by molar-refractivity contribution is 5.84. The minimum atomic E-state index is -0.320. The largest absolute Gasteiger partial charge is 0.465 e. The Morgan fingerprint density at radius 2 is 2.06 bits per heavy atom. The summed E-state index contributed by atoms with van der Waals surface area (Å²) in [7, 11) is 0. The molecule has 0 radical (unpaired) electrons. The molecule has 1 aromatic carbocycles. The van der Waals surface area contributed by atoms with Crippen molar-refractivity contribution in [1.82, 2.24) is 4.98 Å². The van der Waals surface area contributed by atoms with Crippen LogP contribution in [0, 0.1) is 0 Å². The molecule has 0 aliphatic carbocycles. The number of hydrogen-bond donors (Lipinski definition) is 0. The molecule has 3 heteroatoms. The molecule has 1 unspecified atom stereocenters. The third-order valence-corrected chi connectivity index (χ3v) is 2.74. The normalized spacial score (nSPS) is 12.4. The van der Waals surface area contributed by atoms with Crippen molar-refractivity contribution in [3.05, 3.63) is 42.2 Å². The van der Waals surface area contributed by atoms with E-state index in [2.05, 4.69) is 4.98 Å². The molecule has 2 rings (SSSR count). The van der Waals surface area contributed by atoms with Crippen molar-refractivity contribution in [2.24, 2.45) is 0 Å². The van der Waals surface area contributed by atoms with E-state index in [0.717, 1.165) is 16.5 Å². The predicted molar refractivity (Wildman–Crippen MR) is 66.8 cm³/mol. The van der Waals surface area contributed by atoms with Gasteiger partial charge in [-0.3, -0.25) is 9.78 Å². The van der Waals surface area contributed by atoms with Crippen molar-refractivity contribution in [1.29, 1.82) is 0 Å². The van der Waals surface area contributed by atoms with Crippen molar-refractivity contribution in [2.45, 2.75) is 19.8 Å². The van der Waals surface area contributed by atoms with Gasteiger partial charge in [0.25, 0.3) is 0 Å². The zero-order valence-electron chi connectivity index (χ0n) is 10.0. The summed E-state index contributed by atoms with van der Waals surface area (Å²) in [6.07, 6.45) is 1.79. The van der Waals surface area contributed by atoms with Crippen molar-refractivity contribution in [3.8, 4) is 0 Å². The molecule has 0 bridgehead atoms. The van der Waals surface area contributed by atoms with Gasteiger partial charge in [-0.1, -0.05) is 24.3 Å². The number of fused-ring (bicyclic) bond motifs is 1. The maximum atomic E-state index is 11.6. The van der Waals surface area contributed by atoms with Gasteiger partial charge in [0.05, 0.1) is 18.2 Å². The third kappa shape index (κ3) is 2.44. The second kappa shape index (κ2) is 4.95. The SMILES string of the molecule is CCOC(=O)C(C)c1cc2ccccc2cn1. The van der Waals surface area contributed by atoms with Crippen LogP contribution in [0.1, 0.15) is 25.5 Å². The van der Waals surface area contributed by atoms with Gasteiger partial charge in [-0.15, -0.1) is 0 Å². The van der Waals surface area contributed by atoms with Crippen LogP contribution in [0.2, 0.25) is 0 Å². The first-order valence-electron chi connectivity index (χ1n) is 5.73. The number of esters is 1. The van der Waals surface area contributed by atoms with Crippen LogP contribution in [0.4, 0.5) is 0 Å². The monoisotopic (exact) mass is 229 g/mol. The highest BCUT2D eigenvalue weighted by Gasteiger charge is 2.17. The average Bonchev–Trinajstić information content (AvgIpc) is 2.37. The Bertz CT molecular complexity index is 536. The summed E-state index contributed by atoms with van der Waals surface area (Å²) in [5.74, 6) is -0.546. The van der Waals surface area contributed by atoms with Crippen LogP contribution in [-0.2, 0) is 9.53 Å². The van der Waals surface area contributed by atoms with Gasteiger partial charge in [0.2, 0.25) is 0 Å². The van der Waals surface area contributed by atoms with E-state index in [1.165, 1.54) is 0 Å². The molecule has 2 aromatic rings. The lowest BCUT2D eigenvalue weighted by molar-refractivity contribution is -0.144. The first-order valence-corrected chi connectivity index (χ1v) is 5.73. The van der Waals surface area contributed by atoms with Crippen LogP contribution < -0.4 is 0 Å². The molecule has 1 atom stereocenters. The van der Waals surface area contributed by atoms with Crippen LogP contribution in [0.25, 0.3) is 10.8 Å². The summed E-state index contributed by atoms with van der Waals surface area (Å²) < 4.78 is 4.99. The summed E-state index contributed by atoms with van der Waals surface area (Å²) in [4.78, 5) is 15.9. The summed E-state index contributed by atoms with van der Waals surface area (Å²) in [6, 6.07) is 9.90. The third-order valence-electron chi connectivity index (χ3n) is 2.74. The Labute approximate surface area is 100 Å². The van der Waals surface area contributed by atoms with Crippen LogP contribution in [-0.4, -0.2) is 17.6 Å². The van der Waals surface area contributed by atoms with Gasteiger partial charge in [0.1, 0.15) is 0 Å². The fraction of sp³-hybridized carbons (Fsp3) is 0.286. The maximum absolute atomic E-state index is 11.6. The van der Waals surface area contributed by atoms with E-state index >= 15 is 0 Å². The molecule has 17 heavy (non-hydrogen) atoms. The second-order valence-corrected chi connectivity index (χ2v) is 3.93. The highest BCUT2D eigenvalue weighted by Crippen LogP contribution is 2.19. The molecule has 0 spiro atoms. The van der Waals surface area contributed by atoms with Gasteiger partial charge in [0.15, 0.2) is 0 Å². The number of carbonyl (C=O) groups excluding carboxylic acids is 1. The zero-order chi connectivity index (χ0) is 12.3. The average molecular weight is 229 g/mol. The smallest absolute Gasteiger partial charge is 0.314 e. The zero-order valence-corrected chi connectivity index (χ0v) is 10.0. The molecule has 0 N–H and O–H groups in total. The molecule has 0 saturated heterocycles. The van der Waals surface area contributed by atoms with Crippen molar-refractivity contribution in [2.75, 3.05) is 6.61 Å². The number of pyridine rings is 1. The number of hydrogen-bond acceptors (Lipinski definition) is 3. The Hall–Kier alpha value is -1.90. The Morgan fingerprint density at radius 3 is 2.76 bits per heavy atom. The number of benzene rings is 1. The first-order chi connectivity index (χ1) is 8.22. The van der Waals surface area contributed by atoms with Crippen molar-refractivity contribution >= 4 is 16.7 Å². The summed E-state index contributed by atoms with van der Waals surface area (Å²) in [6.45, 7) is 4.02. The number of aromatic nitrogens is 1. The fourth-order valence-corrected chi connectivity index (χ4v) is 1.73. The van der Waals surface area contributed by atoms with Crippen molar-refractivity contribution in [3.63, 3.8) is 0 Å². The van der Waals surface area contributed by atoms with Gasteiger partial charge in [-0.2, -0.15) is 0 Å². The van der Waals surface area contributed by atoms with E-state index in [9.17, 15) is 4.79 Å². The molecule has 1 aromatic heterocycles. The quantitative estimate of drug-likeness (QED) is 0.760. The lowest BCUT2D eigenvalue weighted by Gasteiger charge is -2.10. The summed E-state index contributed by atoms with van der Waals surface area (Å²) in [5, 5.41) is 2.17. The van der Waals surface area contributed by atoms with Crippen molar-refractivity contribution < 1.29 is 9.53 Å².